The highest BCUT2D eigenvalue weighted by molar-refractivity contribution is 6.31. The van der Waals surface area contributed by atoms with Crippen LogP contribution in [-0.4, -0.2) is 46.8 Å². The second kappa shape index (κ2) is 8.30. The third-order valence-corrected chi connectivity index (χ3v) is 4.08. The van der Waals surface area contributed by atoms with Gasteiger partial charge in [-0.05, 0) is 30.7 Å². The van der Waals surface area contributed by atoms with Crippen LogP contribution in [0, 0.1) is 5.41 Å². The van der Waals surface area contributed by atoms with Gasteiger partial charge in [0.2, 0.25) is 0 Å². The summed E-state index contributed by atoms with van der Waals surface area (Å²) in [5, 5.41) is 10.3. The minimum Gasteiger partial charge on any atom is -0.465 e. The second-order valence-electron chi connectivity index (χ2n) is 5.97. The van der Waals surface area contributed by atoms with E-state index in [4.69, 9.17) is 10.1 Å². The van der Waals surface area contributed by atoms with Crippen LogP contribution in [0.3, 0.4) is 0 Å². The largest absolute Gasteiger partial charge is 0.465 e. The molecule has 0 aromatic heterocycles. The SMILES string of the molecule is CCOC(=O)CN1C(=O)/C(=C\c2ccccc2)C(=N)N1C(=O)c1ccccc1. The van der Waals surface area contributed by atoms with Crippen LogP contribution < -0.4 is 0 Å². The predicted molar refractivity (Wildman–Crippen MR) is 103 cm³/mol. The first kappa shape index (κ1) is 19.0. The summed E-state index contributed by atoms with van der Waals surface area (Å²) >= 11 is 0. The molecule has 0 spiro atoms. The monoisotopic (exact) mass is 377 g/mol. The summed E-state index contributed by atoms with van der Waals surface area (Å²) in [6, 6.07) is 17.3. The standard InChI is InChI=1S/C21H19N3O4/c1-2-28-18(25)14-23-21(27)17(13-15-9-5-3-6-10-15)19(22)24(23)20(26)16-11-7-4-8-12-16/h3-13,22H,2,14H2,1H3/b17-13-,22-19?. The Bertz CT molecular complexity index is 939. The number of hydrogen-bond donors (Lipinski definition) is 1. The zero-order valence-electron chi connectivity index (χ0n) is 15.3. The zero-order valence-corrected chi connectivity index (χ0v) is 15.3. The quantitative estimate of drug-likeness (QED) is 0.640. The molecule has 2 amide bonds. The van der Waals surface area contributed by atoms with E-state index in [-0.39, 0.29) is 18.0 Å². The highest BCUT2D eigenvalue weighted by Crippen LogP contribution is 2.24. The minimum atomic E-state index is -0.657. The number of carbonyl (C=O) groups excluding carboxylic acids is 3. The molecule has 7 nitrogen and oxygen atoms in total. The van der Waals surface area contributed by atoms with Crippen LogP contribution >= 0.6 is 0 Å². The van der Waals surface area contributed by atoms with Crippen molar-refractivity contribution in [3.8, 4) is 0 Å². The van der Waals surface area contributed by atoms with E-state index in [1.165, 1.54) is 6.08 Å². The van der Waals surface area contributed by atoms with Gasteiger partial charge in [0, 0.05) is 5.56 Å². The van der Waals surface area contributed by atoms with Gasteiger partial charge in [-0.1, -0.05) is 48.5 Å². The van der Waals surface area contributed by atoms with E-state index in [2.05, 4.69) is 0 Å². The Labute approximate surface area is 162 Å². The van der Waals surface area contributed by atoms with Gasteiger partial charge in [-0.25, -0.2) is 5.01 Å². The molecule has 28 heavy (non-hydrogen) atoms. The number of carbonyl (C=O) groups is 3. The van der Waals surface area contributed by atoms with Gasteiger partial charge in [0.25, 0.3) is 11.8 Å². The van der Waals surface area contributed by atoms with Crippen LogP contribution in [0.25, 0.3) is 6.08 Å². The lowest BCUT2D eigenvalue weighted by Gasteiger charge is -2.25. The number of ether oxygens (including phenoxy) is 1. The molecule has 0 unspecified atom stereocenters. The Morgan fingerprint density at radius 3 is 2.25 bits per heavy atom. The lowest BCUT2D eigenvalue weighted by atomic mass is 10.1. The summed E-state index contributed by atoms with van der Waals surface area (Å²) in [7, 11) is 0. The van der Waals surface area contributed by atoms with Crippen LogP contribution in [0.4, 0.5) is 0 Å². The maximum Gasteiger partial charge on any atom is 0.327 e. The van der Waals surface area contributed by atoms with E-state index in [0.717, 1.165) is 10.0 Å². The van der Waals surface area contributed by atoms with Crippen molar-refractivity contribution < 1.29 is 19.1 Å². The van der Waals surface area contributed by atoms with Crippen LogP contribution in [-0.2, 0) is 14.3 Å². The van der Waals surface area contributed by atoms with Crippen LogP contribution in [0.15, 0.2) is 66.2 Å². The third-order valence-electron chi connectivity index (χ3n) is 4.08. The molecule has 0 atom stereocenters. The summed E-state index contributed by atoms with van der Waals surface area (Å²) in [5.74, 6) is -2.12. The van der Waals surface area contributed by atoms with Gasteiger partial charge < -0.3 is 4.74 Å². The number of nitrogens with one attached hydrogen (secondary N) is 1. The lowest BCUT2D eigenvalue weighted by Crippen LogP contribution is -2.47. The topological polar surface area (TPSA) is 90.8 Å². The first-order valence-corrected chi connectivity index (χ1v) is 8.75. The molecule has 1 heterocycles. The molecule has 2 aromatic rings. The van der Waals surface area contributed by atoms with Crippen molar-refractivity contribution in [2.24, 2.45) is 0 Å². The molecular formula is C21H19N3O4. The summed E-state index contributed by atoms with van der Waals surface area (Å²) in [6.07, 6.45) is 1.53. The van der Waals surface area contributed by atoms with Crippen molar-refractivity contribution in [3.63, 3.8) is 0 Å². The first-order valence-electron chi connectivity index (χ1n) is 8.75. The van der Waals surface area contributed by atoms with E-state index in [1.54, 1.807) is 61.5 Å². The van der Waals surface area contributed by atoms with Gasteiger partial charge in [-0.15, -0.1) is 0 Å². The molecule has 3 rings (SSSR count). The molecule has 0 aliphatic carbocycles. The summed E-state index contributed by atoms with van der Waals surface area (Å²) < 4.78 is 4.91. The molecule has 0 radical (unpaired) electrons. The van der Waals surface area contributed by atoms with Gasteiger partial charge in [0.1, 0.15) is 6.54 Å². The van der Waals surface area contributed by atoms with Crippen LogP contribution in [0.5, 0.6) is 0 Å². The number of benzene rings is 2. The molecule has 142 valence electrons. The molecule has 1 saturated heterocycles. The Morgan fingerprint density at radius 2 is 1.64 bits per heavy atom. The zero-order chi connectivity index (χ0) is 20.1. The van der Waals surface area contributed by atoms with Crippen molar-refractivity contribution >= 4 is 29.7 Å². The maximum atomic E-state index is 13.0. The number of esters is 1. The van der Waals surface area contributed by atoms with Crippen LogP contribution in [0.2, 0.25) is 0 Å². The summed E-state index contributed by atoms with van der Waals surface area (Å²) in [5.41, 5.74) is 1.04. The number of hydrazine groups is 1. The molecule has 0 bridgehead atoms. The Balaban J connectivity index is 2.00. The van der Waals surface area contributed by atoms with Gasteiger partial charge in [0.15, 0.2) is 5.84 Å². The molecule has 1 fully saturated rings. The van der Waals surface area contributed by atoms with E-state index < -0.39 is 24.3 Å². The van der Waals surface area contributed by atoms with E-state index in [9.17, 15) is 14.4 Å². The highest BCUT2D eigenvalue weighted by atomic mass is 16.5. The fourth-order valence-electron chi connectivity index (χ4n) is 2.80. The maximum absolute atomic E-state index is 13.0. The first-order chi connectivity index (χ1) is 13.5. The molecule has 0 saturated carbocycles. The number of amides is 2. The highest BCUT2D eigenvalue weighted by Gasteiger charge is 2.43. The minimum absolute atomic E-state index is 0.0276. The Hall–Kier alpha value is -3.74. The average Bonchev–Trinajstić information content (AvgIpc) is 2.93. The molecule has 1 N–H and O–H groups in total. The van der Waals surface area contributed by atoms with Crippen molar-refractivity contribution in [1.29, 1.82) is 5.41 Å². The Kier molecular flexibility index (Phi) is 5.64. The van der Waals surface area contributed by atoms with Gasteiger partial charge >= 0.3 is 5.97 Å². The number of rotatable bonds is 5. The molecule has 1 aliphatic rings. The number of amidine groups is 1. The van der Waals surface area contributed by atoms with E-state index >= 15 is 0 Å². The number of nitrogens with zero attached hydrogens (tertiary/aromatic N) is 2. The van der Waals surface area contributed by atoms with Crippen LogP contribution in [0.1, 0.15) is 22.8 Å². The van der Waals surface area contributed by atoms with Crippen molar-refractivity contribution in [2.45, 2.75) is 6.92 Å². The molecule has 2 aromatic carbocycles. The summed E-state index contributed by atoms with van der Waals surface area (Å²) in [6.45, 7) is 1.34. The number of hydrogen-bond acceptors (Lipinski definition) is 5. The van der Waals surface area contributed by atoms with E-state index in [0.29, 0.717) is 11.1 Å². The van der Waals surface area contributed by atoms with Crippen molar-refractivity contribution in [1.82, 2.24) is 10.0 Å². The fraction of sp³-hybridized carbons (Fsp3) is 0.143. The molecule has 1 aliphatic heterocycles. The van der Waals surface area contributed by atoms with Gasteiger partial charge in [0.05, 0.1) is 12.2 Å². The fourth-order valence-corrected chi connectivity index (χ4v) is 2.80. The lowest BCUT2D eigenvalue weighted by molar-refractivity contribution is -0.151. The van der Waals surface area contributed by atoms with Gasteiger partial charge in [-0.2, -0.15) is 5.01 Å². The normalized spacial score (nSPS) is 15.2. The van der Waals surface area contributed by atoms with Crippen molar-refractivity contribution in [2.75, 3.05) is 13.2 Å². The van der Waals surface area contributed by atoms with Crippen molar-refractivity contribution in [3.05, 3.63) is 77.4 Å². The smallest absolute Gasteiger partial charge is 0.327 e. The second-order valence-corrected chi connectivity index (χ2v) is 5.97. The summed E-state index contributed by atoms with van der Waals surface area (Å²) in [4.78, 5) is 37.9. The average molecular weight is 377 g/mol. The van der Waals surface area contributed by atoms with Gasteiger partial charge in [-0.3, -0.25) is 19.8 Å². The Morgan fingerprint density at radius 1 is 1.04 bits per heavy atom. The molecule has 7 heteroatoms. The van der Waals surface area contributed by atoms with E-state index in [1.807, 2.05) is 6.07 Å². The third kappa shape index (κ3) is 3.83. The predicted octanol–water partition coefficient (Wildman–Crippen LogP) is 2.51. The molecular weight excluding hydrogens is 358 g/mol.